The van der Waals surface area contributed by atoms with Crippen molar-refractivity contribution in [3.8, 4) is 0 Å². The molecule has 7 heteroatoms. The van der Waals surface area contributed by atoms with Crippen LogP contribution in [0.1, 0.15) is 35.7 Å². The van der Waals surface area contributed by atoms with E-state index >= 15 is 0 Å². The molecule has 1 aliphatic rings. The van der Waals surface area contributed by atoms with E-state index < -0.39 is 16.0 Å². The number of methoxy groups -OCH3 is 1. The Balaban J connectivity index is 2.06. The van der Waals surface area contributed by atoms with E-state index in [9.17, 15) is 13.2 Å². The fourth-order valence-corrected chi connectivity index (χ4v) is 4.09. The Morgan fingerprint density at radius 1 is 1.45 bits per heavy atom. The van der Waals surface area contributed by atoms with Crippen molar-refractivity contribution < 1.29 is 17.9 Å². The molecule has 2 rings (SSSR count). The van der Waals surface area contributed by atoms with Crippen LogP contribution in [-0.4, -0.2) is 40.1 Å². The van der Waals surface area contributed by atoms with Crippen LogP contribution >= 0.6 is 0 Å². The third-order valence-corrected chi connectivity index (χ3v) is 5.17. The highest BCUT2D eigenvalue weighted by Gasteiger charge is 2.25. The van der Waals surface area contributed by atoms with Crippen LogP contribution in [0.25, 0.3) is 0 Å². The molecule has 0 saturated carbocycles. The number of piperidine rings is 1. The number of nitrogens with one attached hydrogen (secondary N) is 2. The van der Waals surface area contributed by atoms with Crippen LogP contribution < -0.4 is 10.0 Å². The molecule has 1 aromatic carbocycles. The van der Waals surface area contributed by atoms with Gasteiger partial charge in [0.05, 0.1) is 18.4 Å². The molecule has 0 aliphatic carbocycles. The molecule has 0 spiro atoms. The molecule has 1 heterocycles. The fraction of sp³-hybridized carbons (Fsp3) is 0.533. The number of benzene rings is 1. The first-order valence-electron chi connectivity index (χ1n) is 7.32. The van der Waals surface area contributed by atoms with Gasteiger partial charge in [-0.15, -0.1) is 0 Å². The number of ether oxygens (including phenoxy) is 1. The summed E-state index contributed by atoms with van der Waals surface area (Å²) < 4.78 is 32.0. The summed E-state index contributed by atoms with van der Waals surface area (Å²) in [6, 6.07) is 6.51. The molecule has 0 aromatic heterocycles. The molecule has 2 unspecified atom stereocenters. The average Bonchev–Trinajstić information content (AvgIpc) is 2.48. The number of rotatable bonds is 5. The Hall–Kier alpha value is -1.44. The normalized spacial score (nSPS) is 22.3. The van der Waals surface area contributed by atoms with Crippen molar-refractivity contribution in [2.24, 2.45) is 0 Å². The maximum absolute atomic E-state index is 12.3. The summed E-state index contributed by atoms with van der Waals surface area (Å²) in [6.07, 6.45) is 1.78. The van der Waals surface area contributed by atoms with Gasteiger partial charge in [-0.1, -0.05) is 12.1 Å². The molecule has 2 N–H and O–H groups in total. The number of carbonyl (C=O) groups excluding carboxylic acids is 1. The lowest BCUT2D eigenvalue weighted by Crippen LogP contribution is -2.52. The maximum atomic E-state index is 12.3. The molecule has 1 saturated heterocycles. The van der Waals surface area contributed by atoms with Crippen molar-refractivity contribution in [3.05, 3.63) is 35.4 Å². The van der Waals surface area contributed by atoms with Gasteiger partial charge >= 0.3 is 5.97 Å². The van der Waals surface area contributed by atoms with Crippen molar-refractivity contribution in [2.45, 2.75) is 37.6 Å². The molecular formula is C15H22N2O4S. The zero-order valence-electron chi connectivity index (χ0n) is 12.8. The standard InChI is InChI=1S/C15H22N2O4S/c1-11-14(7-4-8-16-11)17-22(19,20)10-12-5-3-6-13(9-12)15(18)21-2/h3,5-6,9,11,14,16-17H,4,7-8,10H2,1-2H3. The van der Waals surface area contributed by atoms with Crippen LogP contribution in [0.2, 0.25) is 0 Å². The Morgan fingerprint density at radius 2 is 2.23 bits per heavy atom. The largest absolute Gasteiger partial charge is 0.465 e. The number of hydrogen-bond donors (Lipinski definition) is 2. The number of esters is 1. The first-order valence-corrected chi connectivity index (χ1v) is 8.97. The highest BCUT2D eigenvalue weighted by molar-refractivity contribution is 7.88. The van der Waals surface area contributed by atoms with Gasteiger partial charge in [0.25, 0.3) is 0 Å². The molecule has 22 heavy (non-hydrogen) atoms. The van der Waals surface area contributed by atoms with Crippen molar-refractivity contribution in [1.29, 1.82) is 0 Å². The van der Waals surface area contributed by atoms with Crippen LogP contribution in [-0.2, 0) is 20.5 Å². The van der Waals surface area contributed by atoms with E-state index in [1.807, 2.05) is 6.92 Å². The second kappa shape index (κ2) is 7.21. The van der Waals surface area contributed by atoms with Gasteiger partial charge < -0.3 is 10.1 Å². The summed E-state index contributed by atoms with van der Waals surface area (Å²) in [6.45, 7) is 2.89. The summed E-state index contributed by atoms with van der Waals surface area (Å²) in [4.78, 5) is 11.5. The maximum Gasteiger partial charge on any atom is 0.337 e. The Labute approximate surface area is 131 Å². The van der Waals surface area contributed by atoms with Crippen molar-refractivity contribution >= 4 is 16.0 Å². The highest BCUT2D eigenvalue weighted by atomic mass is 32.2. The Morgan fingerprint density at radius 3 is 2.91 bits per heavy atom. The molecule has 1 aromatic rings. The molecule has 122 valence electrons. The smallest absolute Gasteiger partial charge is 0.337 e. The molecule has 0 bridgehead atoms. The van der Waals surface area contributed by atoms with Crippen LogP contribution in [0.4, 0.5) is 0 Å². The van der Waals surface area contributed by atoms with Gasteiger partial charge in [0.15, 0.2) is 0 Å². The third kappa shape index (κ3) is 4.53. The lowest BCUT2D eigenvalue weighted by molar-refractivity contribution is 0.0600. The second-order valence-electron chi connectivity index (χ2n) is 5.56. The molecule has 0 radical (unpaired) electrons. The van der Waals surface area contributed by atoms with E-state index in [0.29, 0.717) is 11.1 Å². The summed E-state index contributed by atoms with van der Waals surface area (Å²) in [5, 5.41) is 3.26. The van der Waals surface area contributed by atoms with Crippen molar-refractivity contribution in [1.82, 2.24) is 10.0 Å². The van der Waals surface area contributed by atoms with Crippen molar-refractivity contribution in [2.75, 3.05) is 13.7 Å². The quantitative estimate of drug-likeness (QED) is 0.790. The van der Waals surface area contributed by atoms with Crippen LogP contribution in [0.15, 0.2) is 24.3 Å². The topological polar surface area (TPSA) is 84.5 Å². The van der Waals surface area contributed by atoms with E-state index in [1.165, 1.54) is 7.11 Å². The van der Waals surface area contributed by atoms with Gasteiger partial charge in [-0.05, 0) is 44.0 Å². The first kappa shape index (κ1) is 16.9. The zero-order valence-corrected chi connectivity index (χ0v) is 13.7. The monoisotopic (exact) mass is 326 g/mol. The molecule has 1 fully saturated rings. The number of carbonyl (C=O) groups is 1. The number of hydrogen-bond acceptors (Lipinski definition) is 5. The lowest BCUT2D eigenvalue weighted by Gasteiger charge is -2.30. The first-order chi connectivity index (χ1) is 10.4. The van der Waals surface area contributed by atoms with Crippen LogP contribution in [0, 0.1) is 0 Å². The fourth-order valence-electron chi connectivity index (χ4n) is 2.60. The zero-order chi connectivity index (χ0) is 16.2. The third-order valence-electron chi connectivity index (χ3n) is 3.80. The minimum absolute atomic E-state index is 0.0949. The van der Waals surface area contributed by atoms with Gasteiger partial charge in [0.1, 0.15) is 0 Å². The lowest BCUT2D eigenvalue weighted by atomic mass is 10.0. The molecule has 1 aliphatic heterocycles. The van der Waals surface area contributed by atoms with Crippen LogP contribution in [0.5, 0.6) is 0 Å². The Bertz CT molecular complexity index is 630. The minimum atomic E-state index is -3.46. The minimum Gasteiger partial charge on any atom is -0.465 e. The van der Waals surface area contributed by atoms with E-state index in [1.54, 1.807) is 24.3 Å². The van der Waals surface area contributed by atoms with Crippen molar-refractivity contribution in [3.63, 3.8) is 0 Å². The summed E-state index contributed by atoms with van der Waals surface area (Å²) in [5.74, 6) is -0.626. The molecule has 2 atom stereocenters. The average molecular weight is 326 g/mol. The van der Waals surface area contributed by atoms with Gasteiger partial charge in [0, 0.05) is 12.1 Å². The van der Waals surface area contributed by atoms with Gasteiger partial charge in [-0.2, -0.15) is 0 Å². The highest BCUT2D eigenvalue weighted by Crippen LogP contribution is 2.13. The van der Waals surface area contributed by atoms with E-state index in [4.69, 9.17) is 0 Å². The Kier molecular flexibility index (Phi) is 5.55. The molecule has 0 amide bonds. The van der Waals surface area contributed by atoms with E-state index in [-0.39, 0.29) is 17.8 Å². The predicted octanol–water partition coefficient (Wildman–Crippen LogP) is 1.03. The van der Waals surface area contributed by atoms with E-state index in [2.05, 4.69) is 14.8 Å². The molecular weight excluding hydrogens is 304 g/mol. The summed E-state index contributed by atoms with van der Waals surface area (Å²) in [7, 11) is -2.16. The number of sulfonamides is 1. The SMILES string of the molecule is COC(=O)c1cccc(CS(=O)(=O)NC2CCCNC2C)c1. The van der Waals surface area contributed by atoms with Gasteiger partial charge in [-0.25, -0.2) is 17.9 Å². The summed E-state index contributed by atoms with van der Waals surface area (Å²) in [5.41, 5.74) is 0.912. The summed E-state index contributed by atoms with van der Waals surface area (Å²) >= 11 is 0. The molecule has 6 nitrogen and oxygen atoms in total. The predicted molar refractivity (Wildman–Crippen MR) is 84.0 cm³/mol. The van der Waals surface area contributed by atoms with Gasteiger partial charge in [-0.3, -0.25) is 0 Å². The van der Waals surface area contributed by atoms with E-state index in [0.717, 1.165) is 19.4 Å². The van der Waals surface area contributed by atoms with Gasteiger partial charge in [0.2, 0.25) is 10.0 Å². The van der Waals surface area contributed by atoms with Crippen LogP contribution in [0.3, 0.4) is 0 Å². The second-order valence-corrected chi connectivity index (χ2v) is 7.31.